The molecule has 1 atom stereocenters. The van der Waals surface area contributed by atoms with Crippen molar-refractivity contribution in [3.05, 3.63) is 65.0 Å². The number of rotatable bonds is 6. The Balaban J connectivity index is 1.50. The average molecular weight is 361 g/mol. The molecule has 0 aliphatic heterocycles. The molecule has 1 aliphatic carbocycles. The number of fused-ring (bicyclic) bond motifs is 2. The first kappa shape index (κ1) is 17.8. The van der Waals surface area contributed by atoms with E-state index in [2.05, 4.69) is 42.3 Å². The summed E-state index contributed by atoms with van der Waals surface area (Å²) in [6.07, 6.45) is 4.81. The normalized spacial score (nSPS) is 14.5. The Kier molecular flexibility index (Phi) is 4.97. The van der Waals surface area contributed by atoms with Crippen molar-refractivity contribution in [3.8, 4) is 0 Å². The summed E-state index contributed by atoms with van der Waals surface area (Å²) < 4.78 is 0. The highest BCUT2D eigenvalue weighted by Gasteiger charge is 2.20. The van der Waals surface area contributed by atoms with Crippen LogP contribution in [-0.4, -0.2) is 15.9 Å². The number of nitrogens with one attached hydrogen (secondary N) is 2. The monoisotopic (exact) mass is 361 g/mol. The molecule has 140 valence electrons. The van der Waals surface area contributed by atoms with Gasteiger partial charge in [0.1, 0.15) is 5.82 Å². The second-order valence-electron chi connectivity index (χ2n) is 8.02. The molecule has 4 rings (SSSR count). The van der Waals surface area contributed by atoms with Gasteiger partial charge in [-0.25, -0.2) is 4.98 Å². The van der Waals surface area contributed by atoms with Crippen LogP contribution in [0.15, 0.2) is 42.5 Å². The van der Waals surface area contributed by atoms with E-state index in [0.29, 0.717) is 12.3 Å². The molecule has 0 saturated carbocycles. The zero-order valence-electron chi connectivity index (χ0n) is 16.1. The van der Waals surface area contributed by atoms with Gasteiger partial charge in [0.05, 0.1) is 23.5 Å². The van der Waals surface area contributed by atoms with Crippen molar-refractivity contribution in [2.45, 2.75) is 52.0 Å². The molecule has 1 aromatic heterocycles. The number of carbonyl (C=O) groups excluding carboxylic acids is 1. The first-order chi connectivity index (χ1) is 13.1. The van der Waals surface area contributed by atoms with Gasteiger partial charge < -0.3 is 10.3 Å². The van der Waals surface area contributed by atoms with Crippen LogP contribution in [0.4, 0.5) is 0 Å². The number of aromatic nitrogens is 2. The van der Waals surface area contributed by atoms with Crippen molar-refractivity contribution < 1.29 is 4.79 Å². The molecular weight excluding hydrogens is 334 g/mol. The van der Waals surface area contributed by atoms with Crippen LogP contribution >= 0.6 is 0 Å². The molecule has 27 heavy (non-hydrogen) atoms. The second kappa shape index (κ2) is 7.55. The molecule has 0 unspecified atom stereocenters. The first-order valence-corrected chi connectivity index (χ1v) is 9.93. The molecule has 0 spiro atoms. The summed E-state index contributed by atoms with van der Waals surface area (Å²) in [5.74, 6) is 1.36. The Hall–Kier alpha value is -2.62. The molecule has 3 aromatic rings. The lowest BCUT2D eigenvalue weighted by atomic mass is 10.0. The van der Waals surface area contributed by atoms with Crippen molar-refractivity contribution >= 4 is 16.9 Å². The fourth-order valence-electron chi connectivity index (χ4n) is 4.01. The van der Waals surface area contributed by atoms with Gasteiger partial charge in [-0.3, -0.25) is 4.79 Å². The minimum absolute atomic E-state index is 0.0547. The van der Waals surface area contributed by atoms with E-state index in [1.54, 1.807) is 0 Å². The number of para-hydroxylation sites is 2. The maximum absolute atomic E-state index is 12.7. The number of hydrogen-bond acceptors (Lipinski definition) is 2. The maximum atomic E-state index is 12.7. The quantitative estimate of drug-likeness (QED) is 0.679. The fourth-order valence-corrected chi connectivity index (χ4v) is 4.01. The molecule has 2 N–H and O–H groups in total. The Morgan fingerprint density at radius 3 is 2.78 bits per heavy atom. The maximum Gasteiger partial charge on any atom is 0.225 e. The Morgan fingerprint density at radius 2 is 1.96 bits per heavy atom. The lowest BCUT2D eigenvalue weighted by molar-refractivity contribution is -0.121. The Labute approximate surface area is 160 Å². The number of aromatic amines is 1. The van der Waals surface area contributed by atoms with Crippen LogP contribution in [0.2, 0.25) is 0 Å². The predicted octanol–water partition coefficient (Wildman–Crippen LogP) is 4.50. The molecule has 0 bridgehead atoms. The van der Waals surface area contributed by atoms with E-state index in [4.69, 9.17) is 4.98 Å². The summed E-state index contributed by atoms with van der Waals surface area (Å²) in [6.45, 7) is 4.34. The van der Waals surface area contributed by atoms with E-state index in [0.717, 1.165) is 35.3 Å². The minimum atomic E-state index is -0.0978. The predicted molar refractivity (Wildman–Crippen MR) is 109 cm³/mol. The van der Waals surface area contributed by atoms with Gasteiger partial charge in [-0.15, -0.1) is 0 Å². The van der Waals surface area contributed by atoms with E-state index < -0.39 is 0 Å². The van der Waals surface area contributed by atoms with Gasteiger partial charge in [0, 0.05) is 0 Å². The number of H-pyrrole nitrogens is 1. The largest absolute Gasteiger partial charge is 0.346 e. The van der Waals surface area contributed by atoms with E-state index in [1.807, 2.05) is 24.3 Å². The first-order valence-electron chi connectivity index (χ1n) is 9.93. The van der Waals surface area contributed by atoms with Crippen molar-refractivity contribution in [2.75, 3.05) is 0 Å². The number of aryl methyl sites for hydroxylation is 2. The number of carbonyl (C=O) groups is 1. The van der Waals surface area contributed by atoms with Crippen LogP contribution in [0.3, 0.4) is 0 Å². The van der Waals surface area contributed by atoms with Gasteiger partial charge in [0.15, 0.2) is 0 Å². The van der Waals surface area contributed by atoms with Crippen molar-refractivity contribution in [2.24, 2.45) is 5.92 Å². The van der Waals surface area contributed by atoms with Gasteiger partial charge in [-0.1, -0.05) is 44.2 Å². The number of nitrogens with zero attached hydrogens (tertiary/aromatic N) is 1. The lowest BCUT2D eigenvalue weighted by Crippen LogP contribution is -2.31. The number of imidazole rings is 1. The SMILES string of the molecule is CC(C)C[C@H](NC(=O)Cc1ccc2c(c1)CCC2)c1nc2ccccc2[nH]1. The molecule has 1 heterocycles. The lowest BCUT2D eigenvalue weighted by Gasteiger charge is -2.19. The van der Waals surface area contributed by atoms with Gasteiger partial charge in [-0.2, -0.15) is 0 Å². The summed E-state index contributed by atoms with van der Waals surface area (Å²) in [6, 6.07) is 14.4. The van der Waals surface area contributed by atoms with Crippen LogP contribution in [-0.2, 0) is 24.1 Å². The molecule has 1 aliphatic rings. The molecule has 2 aromatic carbocycles. The molecule has 0 radical (unpaired) electrons. The second-order valence-corrected chi connectivity index (χ2v) is 8.02. The van der Waals surface area contributed by atoms with Crippen LogP contribution in [0.25, 0.3) is 11.0 Å². The van der Waals surface area contributed by atoms with Crippen molar-refractivity contribution in [1.29, 1.82) is 0 Å². The third-order valence-corrected chi connectivity index (χ3v) is 5.31. The molecule has 1 amide bonds. The van der Waals surface area contributed by atoms with E-state index in [-0.39, 0.29) is 11.9 Å². The molecule has 4 heteroatoms. The summed E-state index contributed by atoms with van der Waals surface area (Å²) in [4.78, 5) is 20.8. The number of amides is 1. The molecular formula is C23H27N3O. The standard InChI is InChI=1S/C23H27N3O/c1-15(2)12-21(23-25-19-8-3-4-9-20(19)26-23)24-22(27)14-16-10-11-17-6-5-7-18(17)13-16/h3-4,8-11,13,15,21H,5-7,12,14H2,1-2H3,(H,24,27)(H,25,26)/t21-/m0/s1. The van der Waals surface area contributed by atoms with E-state index in [1.165, 1.54) is 24.0 Å². The summed E-state index contributed by atoms with van der Waals surface area (Å²) in [7, 11) is 0. The van der Waals surface area contributed by atoms with Crippen LogP contribution in [0, 0.1) is 5.92 Å². The van der Waals surface area contributed by atoms with E-state index >= 15 is 0 Å². The number of benzene rings is 2. The average Bonchev–Trinajstić information content (AvgIpc) is 3.26. The highest BCUT2D eigenvalue weighted by Crippen LogP contribution is 2.24. The zero-order valence-corrected chi connectivity index (χ0v) is 16.1. The van der Waals surface area contributed by atoms with Gasteiger partial charge in [-0.05, 0) is 60.4 Å². The van der Waals surface area contributed by atoms with Crippen LogP contribution in [0.1, 0.15) is 55.2 Å². The minimum Gasteiger partial charge on any atom is -0.346 e. The smallest absolute Gasteiger partial charge is 0.225 e. The van der Waals surface area contributed by atoms with Crippen LogP contribution < -0.4 is 5.32 Å². The fraction of sp³-hybridized carbons (Fsp3) is 0.391. The summed E-state index contributed by atoms with van der Waals surface area (Å²) in [5.41, 5.74) is 5.90. The molecule has 4 nitrogen and oxygen atoms in total. The zero-order chi connectivity index (χ0) is 18.8. The van der Waals surface area contributed by atoms with Crippen LogP contribution in [0.5, 0.6) is 0 Å². The van der Waals surface area contributed by atoms with Gasteiger partial charge in [0.2, 0.25) is 5.91 Å². The van der Waals surface area contributed by atoms with Gasteiger partial charge in [0.25, 0.3) is 0 Å². The summed E-state index contributed by atoms with van der Waals surface area (Å²) >= 11 is 0. The topological polar surface area (TPSA) is 57.8 Å². The number of hydrogen-bond donors (Lipinski definition) is 2. The third kappa shape index (κ3) is 4.05. The Morgan fingerprint density at radius 1 is 1.15 bits per heavy atom. The van der Waals surface area contributed by atoms with E-state index in [9.17, 15) is 4.79 Å². The molecule has 0 saturated heterocycles. The van der Waals surface area contributed by atoms with Gasteiger partial charge >= 0.3 is 0 Å². The Bertz CT molecular complexity index is 924. The highest BCUT2D eigenvalue weighted by molar-refractivity contribution is 5.79. The third-order valence-electron chi connectivity index (χ3n) is 5.31. The highest BCUT2D eigenvalue weighted by atomic mass is 16.1. The van der Waals surface area contributed by atoms with Crippen molar-refractivity contribution in [3.63, 3.8) is 0 Å². The molecule has 0 fully saturated rings. The summed E-state index contributed by atoms with van der Waals surface area (Å²) in [5, 5.41) is 3.21. The van der Waals surface area contributed by atoms with Crippen molar-refractivity contribution in [1.82, 2.24) is 15.3 Å².